The van der Waals surface area contributed by atoms with Crippen molar-refractivity contribution < 1.29 is 162 Å². The minimum absolute atomic E-state index is 0.0297. The van der Waals surface area contributed by atoms with E-state index in [0.717, 1.165) is 0 Å². The Morgan fingerprint density at radius 3 is 0.391 bits per heavy atom. The van der Waals surface area contributed by atoms with Crippen LogP contribution in [0.15, 0.2) is 0 Å². The van der Waals surface area contributed by atoms with Gasteiger partial charge in [0, 0.05) is 69.2 Å². The van der Waals surface area contributed by atoms with Crippen LogP contribution >= 0.6 is 0 Å². The summed E-state index contributed by atoms with van der Waals surface area (Å²) in [5, 5.41) is 0. The lowest BCUT2D eigenvalue weighted by Gasteiger charge is -2.23. The van der Waals surface area contributed by atoms with Gasteiger partial charge in [0.15, 0.2) is 0 Å². The average Bonchev–Trinajstić information content (AvgIpc) is 3.48. The second-order valence-electron chi connectivity index (χ2n) is 18.8. The monoisotopic (exact) mass is 1340 g/mol. The highest BCUT2D eigenvalue weighted by Crippen LogP contribution is 2.06. The first-order valence-corrected chi connectivity index (χ1v) is 29.6. The summed E-state index contributed by atoms with van der Waals surface area (Å²) in [6, 6.07) is 0. The Bertz CT molecular complexity index is 1700. The highest BCUT2D eigenvalue weighted by atomic mass is 16.6. The van der Waals surface area contributed by atoms with E-state index in [9.17, 15) is 47.9 Å². The normalized spacial score (nSPS) is 12.9. The maximum atomic E-state index is 11.1. The highest BCUT2D eigenvalue weighted by Gasteiger charge is 2.20. The smallest absolute Gasteiger partial charge is 0.302 e. The van der Waals surface area contributed by atoms with Crippen LogP contribution in [0, 0.1) is 0 Å². The fraction of sp³-hybridized carbons (Fsp3) is 0.828. The van der Waals surface area contributed by atoms with Crippen molar-refractivity contribution in [2.45, 2.75) is 106 Å². The third-order valence-corrected chi connectivity index (χ3v) is 10.2. The molecule has 92 heavy (non-hydrogen) atoms. The largest absolute Gasteiger partial charge is 0.463 e. The zero-order chi connectivity index (χ0) is 68.8. The summed E-state index contributed by atoms with van der Waals surface area (Å²) in [6.07, 6.45) is -3.36. The van der Waals surface area contributed by atoms with Gasteiger partial charge in [0.25, 0.3) is 0 Å². The third-order valence-electron chi connectivity index (χ3n) is 10.2. The van der Waals surface area contributed by atoms with Crippen LogP contribution in [0.3, 0.4) is 0 Å². The molecule has 0 N–H and O–H groups in total. The molecule has 34 heteroatoms. The van der Waals surface area contributed by atoms with Gasteiger partial charge in [-0.1, -0.05) is 0 Å². The van der Waals surface area contributed by atoms with E-state index in [4.69, 9.17) is 114 Å². The molecule has 0 saturated heterocycles. The lowest BCUT2D eigenvalue weighted by atomic mass is 10.3. The Hall–Kier alpha value is -5.86. The summed E-state index contributed by atoms with van der Waals surface area (Å²) in [5.41, 5.74) is 0. The second kappa shape index (κ2) is 62.6. The molecule has 536 valence electrons. The fourth-order valence-corrected chi connectivity index (χ4v) is 6.43. The first kappa shape index (κ1) is 88.2. The van der Waals surface area contributed by atoms with E-state index >= 15 is 0 Å². The molecule has 0 spiro atoms. The molecule has 0 aliphatic carbocycles. The standard InChI is InChI=1S/2C29H50O17/c2*1-22(30)39-8-6-35-16-27(44-13-10-41-24(3)32)18-37-20-29(46-15-12-43-26(5)34)21-38-19-28(45-14-11-42-25(4)33)17-36-7-9-40-23(2)31/h2*27-29H,6-21H2,1-5H3. The molecular weight excluding hydrogens is 1240 g/mol. The molecule has 0 aromatic heterocycles. The van der Waals surface area contributed by atoms with Gasteiger partial charge >= 0.3 is 59.7 Å². The second-order valence-corrected chi connectivity index (χ2v) is 18.8. The molecule has 0 radical (unpaired) electrons. The molecule has 0 amide bonds. The van der Waals surface area contributed by atoms with Crippen LogP contribution in [-0.4, -0.2) is 308 Å². The number of ether oxygens (including phenoxy) is 24. The van der Waals surface area contributed by atoms with Crippen LogP contribution in [0.1, 0.15) is 69.2 Å². The molecule has 0 aliphatic rings. The molecule has 0 rings (SSSR count). The maximum absolute atomic E-state index is 11.1. The van der Waals surface area contributed by atoms with Crippen molar-refractivity contribution in [1.29, 1.82) is 0 Å². The Labute approximate surface area is 537 Å². The molecule has 0 aromatic carbocycles. The molecule has 0 saturated carbocycles. The van der Waals surface area contributed by atoms with Crippen molar-refractivity contribution in [2.75, 3.05) is 211 Å². The summed E-state index contributed by atoms with van der Waals surface area (Å²) in [6.45, 7) is 15.7. The van der Waals surface area contributed by atoms with Gasteiger partial charge in [0.2, 0.25) is 0 Å². The van der Waals surface area contributed by atoms with Crippen LogP contribution in [-0.2, 0) is 162 Å². The van der Waals surface area contributed by atoms with E-state index in [2.05, 4.69) is 0 Å². The van der Waals surface area contributed by atoms with Crippen LogP contribution in [0.2, 0.25) is 0 Å². The van der Waals surface area contributed by atoms with E-state index < -0.39 is 96.3 Å². The molecule has 0 aromatic rings. The maximum Gasteiger partial charge on any atom is 0.302 e. The Balaban J connectivity index is 0. The summed E-state index contributed by atoms with van der Waals surface area (Å²) in [5.74, 6) is -4.33. The quantitative estimate of drug-likeness (QED) is 0.0441. The van der Waals surface area contributed by atoms with Gasteiger partial charge in [-0.2, -0.15) is 0 Å². The first-order chi connectivity index (χ1) is 44.0. The number of carbonyl (C=O) groups is 10. The summed E-state index contributed by atoms with van der Waals surface area (Å²) in [4.78, 5) is 110. The van der Waals surface area contributed by atoms with Crippen LogP contribution < -0.4 is 0 Å². The van der Waals surface area contributed by atoms with Gasteiger partial charge in [0.1, 0.15) is 103 Å². The number of esters is 10. The van der Waals surface area contributed by atoms with Crippen molar-refractivity contribution in [3.63, 3.8) is 0 Å². The lowest BCUT2D eigenvalue weighted by Crippen LogP contribution is -2.34. The predicted octanol–water partition coefficient (Wildman–Crippen LogP) is 0.0478. The van der Waals surface area contributed by atoms with E-state index in [0.29, 0.717) is 0 Å². The minimum Gasteiger partial charge on any atom is -0.463 e. The van der Waals surface area contributed by atoms with Crippen LogP contribution in [0.5, 0.6) is 0 Å². The van der Waals surface area contributed by atoms with Gasteiger partial charge in [-0.05, 0) is 0 Å². The zero-order valence-electron chi connectivity index (χ0n) is 55.0. The van der Waals surface area contributed by atoms with Crippen LogP contribution in [0.4, 0.5) is 0 Å². The number of hydrogen-bond donors (Lipinski definition) is 0. The van der Waals surface area contributed by atoms with E-state index in [1.54, 1.807) is 0 Å². The van der Waals surface area contributed by atoms with Crippen molar-refractivity contribution in [2.24, 2.45) is 0 Å². The Morgan fingerprint density at radius 2 is 0.272 bits per heavy atom. The number of carbonyl (C=O) groups excluding carboxylic acids is 10. The number of hydrogen-bond acceptors (Lipinski definition) is 34. The van der Waals surface area contributed by atoms with Gasteiger partial charge < -0.3 is 114 Å². The fourth-order valence-electron chi connectivity index (χ4n) is 6.43. The van der Waals surface area contributed by atoms with Crippen molar-refractivity contribution in [1.82, 2.24) is 0 Å². The van der Waals surface area contributed by atoms with Gasteiger partial charge in [-0.25, -0.2) is 0 Å². The SMILES string of the molecule is CC(=O)OCCOCC(COCC(COCC(COCCOC(C)=O)OCCOC(C)=O)OCCOC(C)=O)OCCOC(C)=O.CC(=O)OCCOCC(COCC(COCC(COCCOC(C)=O)OCCOC(C)=O)OCCOC(C)=O)OCCOC(C)=O. The Kier molecular flexibility index (Phi) is 60.0. The van der Waals surface area contributed by atoms with E-state index in [1.165, 1.54) is 69.2 Å². The van der Waals surface area contributed by atoms with Gasteiger partial charge in [-0.15, -0.1) is 0 Å². The average molecular weight is 1340 g/mol. The molecule has 0 aliphatic heterocycles. The lowest BCUT2D eigenvalue weighted by molar-refractivity contribution is -0.149. The van der Waals surface area contributed by atoms with E-state index in [1.807, 2.05) is 0 Å². The van der Waals surface area contributed by atoms with Crippen LogP contribution in [0.25, 0.3) is 0 Å². The molecule has 0 bridgehead atoms. The molecule has 0 heterocycles. The minimum atomic E-state index is -0.589. The van der Waals surface area contributed by atoms with Crippen molar-refractivity contribution in [3.8, 4) is 0 Å². The summed E-state index contributed by atoms with van der Waals surface area (Å²) >= 11 is 0. The van der Waals surface area contributed by atoms with E-state index in [-0.39, 0.29) is 211 Å². The predicted molar refractivity (Wildman–Crippen MR) is 311 cm³/mol. The van der Waals surface area contributed by atoms with Gasteiger partial charge in [-0.3, -0.25) is 47.9 Å². The molecule has 0 fully saturated rings. The van der Waals surface area contributed by atoms with Crippen molar-refractivity contribution >= 4 is 59.7 Å². The summed E-state index contributed by atoms with van der Waals surface area (Å²) in [7, 11) is 0. The molecular formula is C58H100O34. The molecule has 4 atom stereocenters. The molecule has 4 unspecified atom stereocenters. The topological polar surface area (TPSA) is 392 Å². The summed E-state index contributed by atoms with van der Waals surface area (Å²) < 4.78 is 129. The third kappa shape index (κ3) is 68.5. The van der Waals surface area contributed by atoms with Gasteiger partial charge in [0.05, 0.1) is 145 Å². The Morgan fingerprint density at radius 1 is 0.163 bits per heavy atom. The number of rotatable bonds is 60. The highest BCUT2D eigenvalue weighted by molar-refractivity contribution is 5.68. The molecule has 34 nitrogen and oxygen atoms in total. The zero-order valence-corrected chi connectivity index (χ0v) is 55.0. The van der Waals surface area contributed by atoms with Crippen molar-refractivity contribution in [3.05, 3.63) is 0 Å². The first-order valence-electron chi connectivity index (χ1n) is 29.6.